The summed E-state index contributed by atoms with van der Waals surface area (Å²) in [6.07, 6.45) is -1.32. The molecule has 0 bridgehead atoms. The van der Waals surface area contributed by atoms with Gasteiger partial charge in [0.1, 0.15) is 6.54 Å². The van der Waals surface area contributed by atoms with Gasteiger partial charge in [-0.05, 0) is 31.2 Å². The fourth-order valence-electron chi connectivity index (χ4n) is 2.93. The predicted molar refractivity (Wildman–Crippen MR) is 116 cm³/mol. The summed E-state index contributed by atoms with van der Waals surface area (Å²) >= 11 is 0. The smallest absolute Gasteiger partial charge is 0.326 e. The number of carbonyl (C=O) groups excluding carboxylic acids is 3. The average Bonchev–Trinajstić information content (AvgIpc) is 2.81. The lowest BCUT2D eigenvalue weighted by atomic mass is 9.99. The molecule has 0 spiro atoms. The maximum absolute atomic E-state index is 13.0. The molecule has 0 saturated carbocycles. The molecule has 0 aromatic heterocycles. The highest BCUT2D eigenvalue weighted by molar-refractivity contribution is 6.01. The molecule has 3 rings (SSSR count). The first-order valence-electron chi connectivity index (χ1n) is 9.73. The van der Waals surface area contributed by atoms with Gasteiger partial charge in [0, 0.05) is 28.8 Å². The maximum Gasteiger partial charge on any atom is 0.326 e. The second-order valence-electron chi connectivity index (χ2n) is 7.00. The summed E-state index contributed by atoms with van der Waals surface area (Å²) in [5.41, 5.74) is 1.81. The number of nitrogens with zero attached hydrogens (tertiary/aromatic N) is 1. The highest BCUT2D eigenvalue weighted by atomic mass is 16.6. The van der Waals surface area contributed by atoms with E-state index in [4.69, 9.17) is 4.74 Å². The number of esters is 1. The number of hydrogen-bond donors (Lipinski definition) is 1. The summed E-state index contributed by atoms with van der Waals surface area (Å²) in [4.78, 5) is 48.0. The van der Waals surface area contributed by atoms with Crippen LogP contribution in [-0.2, 0) is 9.53 Å². The minimum absolute atomic E-state index is 0.156. The van der Waals surface area contributed by atoms with Gasteiger partial charge in [0.2, 0.25) is 5.78 Å². The summed E-state index contributed by atoms with van der Waals surface area (Å²) in [6, 6.07) is 20.2. The van der Waals surface area contributed by atoms with Gasteiger partial charge in [-0.2, -0.15) is 0 Å². The molecule has 1 N–H and O–H groups in total. The molecule has 0 unspecified atom stereocenters. The largest absolute Gasteiger partial charge is 0.448 e. The number of carbonyl (C=O) groups is 3. The molecule has 1 amide bonds. The fourth-order valence-corrected chi connectivity index (χ4v) is 2.93. The Labute approximate surface area is 184 Å². The number of nitro benzene ring substituents is 1. The Kier molecular flexibility index (Phi) is 7.07. The van der Waals surface area contributed by atoms with Crippen LogP contribution in [0.25, 0.3) is 0 Å². The second kappa shape index (κ2) is 10.1. The Balaban J connectivity index is 1.74. The van der Waals surface area contributed by atoms with E-state index in [2.05, 4.69) is 5.32 Å². The van der Waals surface area contributed by atoms with Crippen LogP contribution in [0.2, 0.25) is 0 Å². The molecule has 1 atom stereocenters. The van der Waals surface area contributed by atoms with E-state index in [1.165, 1.54) is 24.3 Å². The van der Waals surface area contributed by atoms with Crippen LogP contribution in [0.3, 0.4) is 0 Å². The van der Waals surface area contributed by atoms with Crippen molar-refractivity contribution < 1.29 is 24.0 Å². The zero-order valence-corrected chi connectivity index (χ0v) is 17.2. The molecule has 8 heteroatoms. The predicted octanol–water partition coefficient (Wildman–Crippen LogP) is 3.80. The summed E-state index contributed by atoms with van der Waals surface area (Å²) in [5.74, 6) is -1.76. The van der Waals surface area contributed by atoms with E-state index in [1.807, 2.05) is 6.92 Å². The van der Waals surface area contributed by atoms with Crippen molar-refractivity contribution in [3.63, 3.8) is 0 Å². The van der Waals surface area contributed by atoms with Crippen molar-refractivity contribution in [2.75, 3.05) is 6.54 Å². The minimum Gasteiger partial charge on any atom is -0.448 e. The van der Waals surface area contributed by atoms with E-state index >= 15 is 0 Å². The number of amides is 1. The first kappa shape index (κ1) is 22.4. The van der Waals surface area contributed by atoms with E-state index in [9.17, 15) is 24.5 Å². The topological polar surface area (TPSA) is 116 Å². The normalized spacial score (nSPS) is 11.3. The van der Waals surface area contributed by atoms with Crippen molar-refractivity contribution in [3.05, 3.63) is 111 Å². The fraction of sp³-hybridized carbons (Fsp3) is 0.125. The molecule has 3 aromatic rings. The van der Waals surface area contributed by atoms with Crippen molar-refractivity contribution in [1.82, 2.24) is 5.32 Å². The van der Waals surface area contributed by atoms with Crippen LogP contribution in [0.5, 0.6) is 0 Å². The van der Waals surface area contributed by atoms with Gasteiger partial charge in [-0.25, -0.2) is 0 Å². The van der Waals surface area contributed by atoms with Gasteiger partial charge in [0.15, 0.2) is 6.10 Å². The van der Waals surface area contributed by atoms with Crippen LogP contribution in [0.15, 0.2) is 78.9 Å². The SMILES string of the molecule is Cc1ccc(C(=O)NCC(=O)O[C@H](C(=O)c2ccccc2)c2ccc([N+](=O)[O-])cc2)cc1. The van der Waals surface area contributed by atoms with Gasteiger partial charge < -0.3 is 10.1 Å². The Hall–Kier alpha value is -4.33. The molecule has 0 aliphatic carbocycles. The Morgan fingerprint density at radius 3 is 2.12 bits per heavy atom. The first-order chi connectivity index (χ1) is 15.3. The minimum atomic E-state index is -1.32. The van der Waals surface area contributed by atoms with Crippen molar-refractivity contribution in [3.8, 4) is 0 Å². The molecule has 0 aliphatic heterocycles. The summed E-state index contributed by atoms with van der Waals surface area (Å²) in [7, 11) is 0. The van der Waals surface area contributed by atoms with Crippen molar-refractivity contribution in [2.24, 2.45) is 0 Å². The Morgan fingerprint density at radius 1 is 0.906 bits per heavy atom. The van der Waals surface area contributed by atoms with Crippen molar-refractivity contribution in [1.29, 1.82) is 0 Å². The number of benzene rings is 3. The van der Waals surface area contributed by atoms with E-state index in [-0.39, 0.29) is 11.3 Å². The number of nitro groups is 1. The van der Waals surface area contributed by atoms with E-state index in [0.29, 0.717) is 11.1 Å². The zero-order chi connectivity index (χ0) is 23.1. The van der Waals surface area contributed by atoms with Crippen LogP contribution in [0, 0.1) is 17.0 Å². The lowest BCUT2D eigenvalue weighted by Gasteiger charge is -2.17. The van der Waals surface area contributed by atoms with Crippen molar-refractivity contribution in [2.45, 2.75) is 13.0 Å². The number of rotatable bonds is 8. The number of ether oxygens (including phenoxy) is 1. The summed E-state index contributed by atoms with van der Waals surface area (Å²) in [5, 5.41) is 13.4. The molecule has 0 saturated heterocycles. The summed E-state index contributed by atoms with van der Waals surface area (Å²) < 4.78 is 5.39. The third kappa shape index (κ3) is 5.63. The molecular formula is C24H20N2O6. The highest BCUT2D eigenvalue weighted by Crippen LogP contribution is 2.25. The van der Waals surface area contributed by atoms with E-state index in [0.717, 1.165) is 5.56 Å². The average molecular weight is 432 g/mol. The van der Waals surface area contributed by atoms with Gasteiger partial charge >= 0.3 is 5.97 Å². The molecule has 0 fully saturated rings. The number of aryl methyl sites for hydroxylation is 1. The van der Waals surface area contributed by atoms with Gasteiger partial charge in [-0.1, -0.05) is 48.0 Å². The molecular weight excluding hydrogens is 412 g/mol. The third-order valence-electron chi connectivity index (χ3n) is 4.66. The van der Waals surface area contributed by atoms with Crippen LogP contribution in [0.1, 0.15) is 37.9 Å². The van der Waals surface area contributed by atoms with Crippen LogP contribution < -0.4 is 5.32 Å². The van der Waals surface area contributed by atoms with Crippen LogP contribution >= 0.6 is 0 Å². The molecule has 0 heterocycles. The first-order valence-corrected chi connectivity index (χ1v) is 9.73. The van der Waals surface area contributed by atoms with Crippen molar-refractivity contribution >= 4 is 23.3 Å². The van der Waals surface area contributed by atoms with Gasteiger partial charge in [0.05, 0.1) is 4.92 Å². The van der Waals surface area contributed by atoms with Crippen LogP contribution in [-0.4, -0.2) is 29.1 Å². The summed E-state index contributed by atoms with van der Waals surface area (Å²) in [6.45, 7) is 1.44. The zero-order valence-electron chi connectivity index (χ0n) is 17.2. The second-order valence-corrected chi connectivity index (χ2v) is 7.00. The third-order valence-corrected chi connectivity index (χ3v) is 4.66. The maximum atomic E-state index is 13.0. The standard InChI is InChI=1S/C24H20N2O6/c1-16-7-9-19(10-8-16)24(29)25-15-21(27)32-23(22(28)17-5-3-2-4-6-17)18-11-13-20(14-12-18)26(30)31/h2-14,23H,15H2,1H3,(H,25,29)/t23-/m0/s1. The molecule has 32 heavy (non-hydrogen) atoms. The number of ketones is 1. The molecule has 0 aliphatic rings. The van der Waals surface area contributed by atoms with Gasteiger partial charge in [-0.15, -0.1) is 0 Å². The molecule has 8 nitrogen and oxygen atoms in total. The van der Waals surface area contributed by atoms with Crippen LogP contribution in [0.4, 0.5) is 5.69 Å². The highest BCUT2D eigenvalue weighted by Gasteiger charge is 2.27. The van der Waals surface area contributed by atoms with Gasteiger partial charge in [-0.3, -0.25) is 24.5 Å². The number of nitrogens with one attached hydrogen (secondary N) is 1. The number of hydrogen-bond acceptors (Lipinski definition) is 6. The van der Waals surface area contributed by atoms with E-state index in [1.54, 1.807) is 54.6 Å². The molecule has 0 radical (unpaired) electrons. The quantitative estimate of drug-likeness (QED) is 0.251. The molecule has 162 valence electrons. The lowest BCUT2D eigenvalue weighted by Crippen LogP contribution is -2.32. The Morgan fingerprint density at radius 2 is 1.53 bits per heavy atom. The Bertz CT molecular complexity index is 1130. The molecule has 3 aromatic carbocycles. The number of non-ortho nitro benzene ring substituents is 1. The van der Waals surface area contributed by atoms with Gasteiger partial charge in [0.25, 0.3) is 11.6 Å². The monoisotopic (exact) mass is 432 g/mol. The lowest BCUT2D eigenvalue weighted by molar-refractivity contribution is -0.384. The van der Waals surface area contributed by atoms with E-state index < -0.39 is 35.2 Å². The number of Topliss-reactive ketones (excluding diaryl/α,β-unsaturated/α-hetero) is 1.